The molecule has 5 heteroatoms. The quantitative estimate of drug-likeness (QED) is 0.773. The molecule has 0 aliphatic carbocycles. The third kappa shape index (κ3) is 2.33. The molecule has 0 saturated carbocycles. The minimum atomic E-state index is 0.186. The van der Waals surface area contributed by atoms with Gasteiger partial charge in [0, 0.05) is 33.2 Å². The fourth-order valence-electron chi connectivity index (χ4n) is 2.34. The summed E-state index contributed by atoms with van der Waals surface area (Å²) in [6.07, 6.45) is 5.09. The second-order valence-electron chi connectivity index (χ2n) is 4.50. The first kappa shape index (κ1) is 12.8. The van der Waals surface area contributed by atoms with Crippen LogP contribution in [0.4, 0.5) is 0 Å². The van der Waals surface area contributed by atoms with Gasteiger partial charge in [-0.1, -0.05) is 6.92 Å². The van der Waals surface area contributed by atoms with Crippen LogP contribution in [0.5, 0.6) is 0 Å². The number of rotatable bonds is 5. The number of nitrogens with one attached hydrogen (secondary N) is 1. The highest BCUT2D eigenvalue weighted by Crippen LogP contribution is 2.35. The molecule has 0 aliphatic heterocycles. The lowest BCUT2D eigenvalue weighted by atomic mass is 10.2. The molecule has 3 heterocycles. The van der Waals surface area contributed by atoms with Crippen molar-refractivity contribution in [1.82, 2.24) is 14.9 Å². The van der Waals surface area contributed by atoms with Gasteiger partial charge in [0.15, 0.2) is 0 Å². The van der Waals surface area contributed by atoms with E-state index in [4.69, 9.17) is 0 Å². The zero-order chi connectivity index (χ0) is 13.2. The van der Waals surface area contributed by atoms with Gasteiger partial charge in [-0.2, -0.15) is 0 Å². The van der Waals surface area contributed by atoms with Gasteiger partial charge in [0.2, 0.25) is 0 Å². The molecule has 0 fully saturated rings. The van der Waals surface area contributed by atoms with Crippen LogP contribution in [-0.2, 0) is 6.54 Å². The Morgan fingerprint density at radius 1 is 1.42 bits per heavy atom. The van der Waals surface area contributed by atoms with Crippen molar-refractivity contribution in [3.05, 3.63) is 40.6 Å². The van der Waals surface area contributed by atoms with Gasteiger partial charge < -0.3 is 9.88 Å². The first-order valence-corrected chi connectivity index (χ1v) is 8.18. The van der Waals surface area contributed by atoms with E-state index in [2.05, 4.69) is 45.5 Å². The summed E-state index contributed by atoms with van der Waals surface area (Å²) < 4.78 is 4.98. The molecule has 0 saturated heterocycles. The molecule has 100 valence electrons. The number of hydrogen-bond acceptors (Lipinski definition) is 4. The van der Waals surface area contributed by atoms with E-state index >= 15 is 0 Å². The number of thiophene rings is 2. The molecule has 0 radical (unpaired) electrons. The predicted octanol–water partition coefficient (Wildman–Crippen LogP) is 3.88. The van der Waals surface area contributed by atoms with Gasteiger partial charge >= 0.3 is 0 Å². The van der Waals surface area contributed by atoms with Gasteiger partial charge in [0.1, 0.15) is 11.9 Å². The van der Waals surface area contributed by atoms with E-state index in [9.17, 15) is 0 Å². The van der Waals surface area contributed by atoms with Crippen molar-refractivity contribution in [2.24, 2.45) is 0 Å². The monoisotopic (exact) mass is 291 g/mol. The van der Waals surface area contributed by atoms with Gasteiger partial charge in [-0.15, -0.1) is 22.7 Å². The van der Waals surface area contributed by atoms with Crippen LogP contribution in [0.1, 0.15) is 30.1 Å². The van der Waals surface area contributed by atoms with Gasteiger partial charge in [0.05, 0.1) is 0 Å². The second kappa shape index (κ2) is 5.45. The van der Waals surface area contributed by atoms with Crippen molar-refractivity contribution in [2.75, 3.05) is 7.05 Å². The molecule has 0 aliphatic rings. The van der Waals surface area contributed by atoms with E-state index in [-0.39, 0.29) is 6.04 Å². The Morgan fingerprint density at radius 3 is 3.05 bits per heavy atom. The topological polar surface area (TPSA) is 29.9 Å². The molecule has 3 aromatic heterocycles. The zero-order valence-electron chi connectivity index (χ0n) is 11.1. The molecule has 0 bridgehead atoms. The van der Waals surface area contributed by atoms with E-state index in [0.29, 0.717) is 0 Å². The number of aromatic nitrogens is 2. The molecule has 0 aromatic carbocycles. The van der Waals surface area contributed by atoms with Crippen LogP contribution in [-0.4, -0.2) is 16.6 Å². The molecule has 3 rings (SSSR count). The highest BCUT2D eigenvalue weighted by atomic mass is 32.1. The van der Waals surface area contributed by atoms with E-state index < -0.39 is 0 Å². The minimum absolute atomic E-state index is 0.186. The fourth-order valence-corrected chi connectivity index (χ4v) is 4.56. The Bertz CT molecular complexity index is 636. The summed E-state index contributed by atoms with van der Waals surface area (Å²) in [5.41, 5.74) is 0. The third-order valence-corrected chi connectivity index (χ3v) is 5.36. The van der Waals surface area contributed by atoms with Crippen LogP contribution in [0, 0.1) is 0 Å². The molecule has 0 spiro atoms. The predicted molar refractivity (Wildman–Crippen MR) is 83.1 cm³/mol. The van der Waals surface area contributed by atoms with Crippen LogP contribution < -0.4 is 5.32 Å². The summed E-state index contributed by atoms with van der Waals surface area (Å²) in [5, 5.41) is 5.55. The maximum atomic E-state index is 4.55. The molecule has 1 atom stereocenters. The number of nitrogens with zero attached hydrogens (tertiary/aromatic N) is 2. The largest absolute Gasteiger partial charge is 0.333 e. The lowest BCUT2D eigenvalue weighted by molar-refractivity contribution is 0.573. The Labute approximate surface area is 120 Å². The van der Waals surface area contributed by atoms with Crippen LogP contribution >= 0.6 is 22.7 Å². The summed E-state index contributed by atoms with van der Waals surface area (Å²) in [7, 11) is 2.00. The number of fused-ring (bicyclic) bond motifs is 1. The molecule has 1 unspecified atom stereocenters. The van der Waals surface area contributed by atoms with Crippen LogP contribution in [0.3, 0.4) is 0 Å². The minimum Gasteiger partial charge on any atom is -0.333 e. The number of aryl methyl sites for hydroxylation is 1. The van der Waals surface area contributed by atoms with Crippen molar-refractivity contribution in [2.45, 2.75) is 25.9 Å². The molecule has 19 heavy (non-hydrogen) atoms. The highest BCUT2D eigenvalue weighted by Gasteiger charge is 2.19. The highest BCUT2D eigenvalue weighted by molar-refractivity contribution is 7.27. The van der Waals surface area contributed by atoms with Crippen molar-refractivity contribution >= 4 is 32.1 Å². The normalized spacial score (nSPS) is 13.2. The van der Waals surface area contributed by atoms with Crippen molar-refractivity contribution < 1.29 is 0 Å². The van der Waals surface area contributed by atoms with Crippen molar-refractivity contribution in [1.29, 1.82) is 0 Å². The summed E-state index contributed by atoms with van der Waals surface area (Å²) in [5.74, 6) is 1.11. The molecule has 3 nitrogen and oxygen atoms in total. The first-order valence-electron chi connectivity index (χ1n) is 6.48. The maximum absolute atomic E-state index is 4.55. The Hall–Kier alpha value is -1.17. The summed E-state index contributed by atoms with van der Waals surface area (Å²) in [4.78, 5) is 5.89. The summed E-state index contributed by atoms with van der Waals surface area (Å²) in [6, 6.07) is 4.67. The Kier molecular flexibility index (Phi) is 3.68. The molecule has 1 N–H and O–H groups in total. The zero-order valence-corrected chi connectivity index (χ0v) is 12.7. The van der Waals surface area contributed by atoms with Crippen LogP contribution in [0.15, 0.2) is 29.9 Å². The van der Waals surface area contributed by atoms with Gasteiger partial charge in [-0.05, 0) is 31.0 Å². The number of hydrogen-bond donors (Lipinski definition) is 1. The average Bonchev–Trinajstić information content (AvgIpc) is 3.07. The van der Waals surface area contributed by atoms with Gasteiger partial charge in [-0.3, -0.25) is 0 Å². The standard InChI is InChI=1S/C14H17N3S2/c1-3-6-17-7-5-16-14(17)13(15-2)12-9-11-10(19-12)4-8-18-11/h4-5,7-9,13,15H,3,6H2,1-2H3. The first-order chi connectivity index (χ1) is 9.33. The van der Waals surface area contributed by atoms with Crippen molar-refractivity contribution in [3.8, 4) is 0 Å². The molecular formula is C14H17N3S2. The Morgan fingerprint density at radius 2 is 2.32 bits per heavy atom. The van der Waals surface area contributed by atoms with E-state index in [0.717, 1.165) is 18.8 Å². The molecule has 0 amide bonds. The molecular weight excluding hydrogens is 274 g/mol. The lowest BCUT2D eigenvalue weighted by Gasteiger charge is -2.16. The Balaban J connectivity index is 1.99. The van der Waals surface area contributed by atoms with Gasteiger partial charge in [-0.25, -0.2) is 4.98 Å². The SMILES string of the molecule is CCCn1ccnc1C(NC)c1cc2sccc2s1. The summed E-state index contributed by atoms with van der Waals surface area (Å²) >= 11 is 3.66. The fraction of sp³-hybridized carbons (Fsp3) is 0.357. The third-order valence-electron chi connectivity index (χ3n) is 3.20. The van der Waals surface area contributed by atoms with Crippen LogP contribution in [0.2, 0.25) is 0 Å². The van der Waals surface area contributed by atoms with Crippen LogP contribution in [0.25, 0.3) is 9.40 Å². The smallest absolute Gasteiger partial charge is 0.131 e. The summed E-state index contributed by atoms with van der Waals surface area (Å²) in [6.45, 7) is 3.21. The van der Waals surface area contributed by atoms with E-state index in [1.165, 1.54) is 14.3 Å². The van der Waals surface area contributed by atoms with E-state index in [1.54, 1.807) is 11.3 Å². The second-order valence-corrected chi connectivity index (χ2v) is 6.56. The lowest BCUT2D eigenvalue weighted by Crippen LogP contribution is -2.21. The average molecular weight is 291 g/mol. The number of imidazole rings is 1. The van der Waals surface area contributed by atoms with Crippen molar-refractivity contribution in [3.63, 3.8) is 0 Å². The molecule has 3 aromatic rings. The maximum Gasteiger partial charge on any atom is 0.131 e. The van der Waals surface area contributed by atoms with E-state index in [1.807, 2.05) is 24.6 Å². The van der Waals surface area contributed by atoms with Gasteiger partial charge in [0.25, 0.3) is 0 Å².